The van der Waals surface area contributed by atoms with Gasteiger partial charge in [-0.3, -0.25) is 4.79 Å². The van der Waals surface area contributed by atoms with Gasteiger partial charge in [0.15, 0.2) is 0 Å². The maximum absolute atomic E-state index is 10.7. The van der Waals surface area contributed by atoms with E-state index in [1.807, 2.05) is 23.6 Å². The molecule has 0 bridgehead atoms. The molecule has 0 aromatic carbocycles. The van der Waals surface area contributed by atoms with Crippen LogP contribution in [0.15, 0.2) is 23.6 Å². The van der Waals surface area contributed by atoms with E-state index in [9.17, 15) is 4.79 Å². The fourth-order valence-electron chi connectivity index (χ4n) is 0.952. The van der Waals surface area contributed by atoms with E-state index < -0.39 is 0 Å². The van der Waals surface area contributed by atoms with Crippen molar-refractivity contribution in [2.24, 2.45) is 0 Å². The van der Waals surface area contributed by atoms with Crippen molar-refractivity contribution in [2.45, 2.75) is 6.42 Å². The number of rotatable bonds is 1. The van der Waals surface area contributed by atoms with Crippen LogP contribution in [0.1, 0.15) is 11.3 Å². The molecule has 1 aromatic heterocycles. The number of carbonyl (C=O) groups excluding carboxylic acids is 1. The highest BCUT2D eigenvalue weighted by Crippen LogP contribution is 2.25. The van der Waals surface area contributed by atoms with Crippen LogP contribution in [0.4, 0.5) is 0 Å². The van der Waals surface area contributed by atoms with Gasteiger partial charge in [0.1, 0.15) is 5.76 Å². The number of thiophene rings is 1. The third-order valence-electron chi connectivity index (χ3n) is 1.44. The Morgan fingerprint density at radius 2 is 2.45 bits per heavy atom. The van der Waals surface area contributed by atoms with Crippen LogP contribution in [-0.4, -0.2) is 5.97 Å². The summed E-state index contributed by atoms with van der Waals surface area (Å²) in [5.74, 6) is 0.554. The standard InChI is InChI=1S/C8H6O2S/c9-8-4-3-6(10-8)7-2-1-5-11-7/h1-3,5H,4H2. The molecule has 0 saturated carbocycles. The van der Waals surface area contributed by atoms with Crippen molar-refractivity contribution in [1.29, 1.82) is 0 Å². The van der Waals surface area contributed by atoms with E-state index in [4.69, 9.17) is 4.74 Å². The number of ether oxygens (including phenoxy) is 1. The van der Waals surface area contributed by atoms with Gasteiger partial charge in [0.25, 0.3) is 0 Å². The van der Waals surface area contributed by atoms with E-state index in [1.54, 1.807) is 11.3 Å². The number of esters is 1. The summed E-state index contributed by atoms with van der Waals surface area (Å²) in [6, 6.07) is 3.88. The van der Waals surface area contributed by atoms with Crippen molar-refractivity contribution in [3.8, 4) is 0 Å². The van der Waals surface area contributed by atoms with Gasteiger partial charge in [-0.1, -0.05) is 6.07 Å². The fourth-order valence-corrected chi connectivity index (χ4v) is 1.65. The molecule has 0 N–H and O–H groups in total. The first-order valence-electron chi connectivity index (χ1n) is 3.31. The smallest absolute Gasteiger partial charge is 0.315 e. The van der Waals surface area contributed by atoms with Gasteiger partial charge in [-0.05, 0) is 17.5 Å². The summed E-state index contributed by atoms with van der Waals surface area (Å²) in [6.07, 6.45) is 2.22. The molecule has 0 spiro atoms. The van der Waals surface area contributed by atoms with Crippen LogP contribution in [0.5, 0.6) is 0 Å². The van der Waals surface area contributed by atoms with Gasteiger partial charge in [0.05, 0.1) is 11.3 Å². The average Bonchev–Trinajstić information content (AvgIpc) is 2.55. The molecular formula is C8H6O2S. The molecule has 0 saturated heterocycles. The minimum Gasteiger partial charge on any atom is -0.425 e. The molecule has 2 nitrogen and oxygen atoms in total. The van der Waals surface area contributed by atoms with Gasteiger partial charge >= 0.3 is 5.97 Å². The molecular weight excluding hydrogens is 160 g/mol. The third-order valence-corrected chi connectivity index (χ3v) is 2.33. The lowest BCUT2D eigenvalue weighted by Gasteiger charge is -1.95. The Balaban J connectivity index is 2.26. The molecule has 0 aliphatic carbocycles. The molecule has 3 heteroatoms. The molecule has 0 unspecified atom stereocenters. The fraction of sp³-hybridized carbons (Fsp3) is 0.125. The summed E-state index contributed by atoms with van der Waals surface area (Å²) in [7, 11) is 0. The van der Waals surface area contributed by atoms with Crippen LogP contribution in [0.2, 0.25) is 0 Å². The van der Waals surface area contributed by atoms with E-state index in [0.29, 0.717) is 12.2 Å². The average molecular weight is 166 g/mol. The van der Waals surface area contributed by atoms with E-state index in [-0.39, 0.29) is 5.97 Å². The SMILES string of the molecule is O=C1CC=C(c2cccs2)O1. The van der Waals surface area contributed by atoms with Crippen molar-refractivity contribution >= 4 is 23.1 Å². The van der Waals surface area contributed by atoms with E-state index >= 15 is 0 Å². The molecule has 56 valence electrons. The maximum Gasteiger partial charge on any atom is 0.315 e. The first-order valence-corrected chi connectivity index (χ1v) is 4.19. The Morgan fingerprint density at radius 1 is 1.55 bits per heavy atom. The maximum atomic E-state index is 10.7. The van der Waals surface area contributed by atoms with Crippen molar-refractivity contribution in [3.63, 3.8) is 0 Å². The second kappa shape index (κ2) is 2.51. The van der Waals surface area contributed by atoms with Crippen LogP contribution in [0, 0.1) is 0 Å². The van der Waals surface area contributed by atoms with Gasteiger partial charge in [-0.15, -0.1) is 11.3 Å². The summed E-state index contributed by atoms with van der Waals surface area (Å²) >= 11 is 1.58. The highest BCUT2D eigenvalue weighted by molar-refractivity contribution is 7.11. The number of hydrogen-bond donors (Lipinski definition) is 0. The molecule has 1 aliphatic heterocycles. The molecule has 0 fully saturated rings. The minimum atomic E-state index is -0.159. The van der Waals surface area contributed by atoms with Gasteiger partial charge in [0, 0.05) is 0 Å². The van der Waals surface area contributed by atoms with Crippen molar-refractivity contribution in [3.05, 3.63) is 28.5 Å². The largest absolute Gasteiger partial charge is 0.425 e. The zero-order valence-electron chi connectivity index (χ0n) is 5.74. The van der Waals surface area contributed by atoms with Gasteiger partial charge in [0.2, 0.25) is 0 Å². The summed E-state index contributed by atoms with van der Waals surface area (Å²) in [4.78, 5) is 11.7. The molecule has 0 amide bonds. The Hall–Kier alpha value is -1.09. The summed E-state index contributed by atoms with van der Waals surface area (Å²) in [6.45, 7) is 0. The van der Waals surface area contributed by atoms with Gasteiger partial charge in [-0.2, -0.15) is 0 Å². The summed E-state index contributed by atoms with van der Waals surface area (Å²) in [5, 5.41) is 1.96. The lowest BCUT2D eigenvalue weighted by molar-refractivity contribution is -0.134. The van der Waals surface area contributed by atoms with Crippen LogP contribution in [0.25, 0.3) is 5.76 Å². The topological polar surface area (TPSA) is 26.3 Å². The van der Waals surface area contributed by atoms with Crippen molar-refractivity contribution in [1.82, 2.24) is 0 Å². The molecule has 2 heterocycles. The van der Waals surface area contributed by atoms with E-state index in [2.05, 4.69) is 0 Å². The Kier molecular flexibility index (Phi) is 1.51. The first-order chi connectivity index (χ1) is 5.36. The molecule has 1 aromatic rings. The predicted octanol–water partition coefficient (Wildman–Crippen LogP) is 2.04. The molecule has 0 atom stereocenters. The molecule has 0 radical (unpaired) electrons. The lowest BCUT2D eigenvalue weighted by atomic mass is 10.3. The summed E-state index contributed by atoms with van der Waals surface area (Å²) < 4.78 is 4.94. The van der Waals surface area contributed by atoms with Gasteiger partial charge in [-0.25, -0.2) is 0 Å². The third kappa shape index (κ3) is 1.19. The number of hydrogen-bond acceptors (Lipinski definition) is 3. The molecule has 11 heavy (non-hydrogen) atoms. The normalized spacial score (nSPS) is 16.4. The van der Waals surface area contributed by atoms with E-state index in [1.165, 1.54) is 0 Å². The highest BCUT2D eigenvalue weighted by Gasteiger charge is 2.15. The van der Waals surface area contributed by atoms with Crippen molar-refractivity contribution in [2.75, 3.05) is 0 Å². The minimum absolute atomic E-state index is 0.159. The zero-order valence-corrected chi connectivity index (χ0v) is 6.56. The van der Waals surface area contributed by atoms with Crippen LogP contribution >= 0.6 is 11.3 Å². The molecule has 1 aliphatic rings. The van der Waals surface area contributed by atoms with Crippen molar-refractivity contribution < 1.29 is 9.53 Å². The molecule has 2 rings (SSSR count). The quantitative estimate of drug-likeness (QED) is 0.597. The predicted molar refractivity (Wildman–Crippen MR) is 43.0 cm³/mol. The van der Waals surface area contributed by atoms with Crippen LogP contribution in [-0.2, 0) is 9.53 Å². The van der Waals surface area contributed by atoms with Gasteiger partial charge < -0.3 is 4.74 Å². The Labute approximate surface area is 68.1 Å². The monoisotopic (exact) mass is 166 g/mol. The Morgan fingerprint density at radius 3 is 3.00 bits per heavy atom. The van der Waals surface area contributed by atoms with E-state index in [0.717, 1.165) is 4.88 Å². The number of cyclic esters (lactones) is 1. The summed E-state index contributed by atoms with van der Waals surface area (Å²) in [5.41, 5.74) is 0. The lowest BCUT2D eigenvalue weighted by Crippen LogP contribution is -1.91. The van der Waals surface area contributed by atoms with Crippen LogP contribution < -0.4 is 0 Å². The second-order valence-electron chi connectivity index (χ2n) is 2.22. The Bertz CT molecular complexity index is 298. The zero-order chi connectivity index (χ0) is 7.68. The van der Waals surface area contributed by atoms with Crippen LogP contribution in [0.3, 0.4) is 0 Å². The highest BCUT2D eigenvalue weighted by atomic mass is 32.1. The first kappa shape index (κ1) is 6.61. The second-order valence-corrected chi connectivity index (χ2v) is 3.17. The number of carbonyl (C=O) groups is 1.